The first-order valence-electron chi connectivity index (χ1n) is 8.58. The monoisotopic (exact) mass is 438 g/mol. The van der Waals surface area contributed by atoms with Gasteiger partial charge in [-0.15, -0.1) is 0 Å². The van der Waals surface area contributed by atoms with Crippen LogP contribution in [0.3, 0.4) is 0 Å². The van der Waals surface area contributed by atoms with Gasteiger partial charge in [0.1, 0.15) is 0 Å². The zero-order chi connectivity index (χ0) is 20.8. The summed E-state index contributed by atoms with van der Waals surface area (Å²) in [6.07, 6.45) is 0.454. The number of hydrogen-bond donors (Lipinski definition) is 0. The fourth-order valence-corrected chi connectivity index (χ4v) is 5.04. The van der Waals surface area contributed by atoms with Gasteiger partial charge in [0.15, 0.2) is 10.6 Å². The lowest BCUT2D eigenvalue weighted by atomic mass is 10.3. The van der Waals surface area contributed by atoms with Crippen molar-refractivity contribution in [1.29, 1.82) is 0 Å². The van der Waals surface area contributed by atoms with Gasteiger partial charge in [-0.3, -0.25) is 14.8 Å². The van der Waals surface area contributed by atoms with Crippen LogP contribution in [-0.4, -0.2) is 44.1 Å². The molecule has 0 aliphatic carbocycles. The second kappa shape index (κ2) is 7.21. The quantitative estimate of drug-likeness (QED) is 0.447. The summed E-state index contributed by atoms with van der Waals surface area (Å²) < 4.78 is 34.1. The van der Waals surface area contributed by atoms with Gasteiger partial charge in [-0.05, 0) is 12.5 Å². The maximum atomic E-state index is 13.2. The minimum absolute atomic E-state index is 0.0863. The summed E-state index contributed by atoms with van der Waals surface area (Å²) in [6, 6.07) is 5.26. The maximum absolute atomic E-state index is 13.2. The first-order chi connectivity index (χ1) is 13.8. The number of halogens is 1. The molecule has 1 aliphatic rings. The van der Waals surface area contributed by atoms with Gasteiger partial charge in [-0.25, -0.2) is 8.42 Å². The highest BCUT2D eigenvalue weighted by Gasteiger charge is 2.34. The molecule has 0 N–H and O–H groups in total. The molecule has 0 saturated carbocycles. The molecule has 1 aromatic carbocycles. The molecule has 11 nitrogen and oxygen atoms in total. The molecule has 0 fully saturated rings. The zero-order valence-electron chi connectivity index (χ0n) is 15.1. The Hall–Kier alpha value is -2.83. The van der Waals surface area contributed by atoms with Gasteiger partial charge in [0.25, 0.3) is 5.69 Å². The van der Waals surface area contributed by atoms with E-state index in [9.17, 15) is 18.5 Å². The van der Waals surface area contributed by atoms with Crippen molar-refractivity contribution in [2.24, 2.45) is 0 Å². The molecular formula is C16H15ClN6O5S. The molecule has 0 radical (unpaired) electrons. The van der Waals surface area contributed by atoms with E-state index in [2.05, 4.69) is 15.2 Å². The molecule has 4 rings (SSSR count). The second-order valence-electron chi connectivity index (χ2n) is 6.39. The minimum Gasteiger partial charge on any atom is -0.339 e. The number of para-hydroxylation sites is 1. The molecule has 29 heavy (non-hydrogen) atoms. The summed E-state index contributed by atoms with van der Waals surface area (Å²) in [7, 11) is -4.13. The molecule has 13 heteroatoms. The van der Waals surface area contributed by atoms with E-state index in [1.54, 1.807) is 11.6 Å². The highest BCUT2D eigenvalue weighted by atomic mass is 35.5. The molecule has 0 spiro atoms. The minimum atomic E-state index is -4.13. The second-order valence-corrected chi connectivity index (χ2v) is 8.67. The van der Waals surface area contributed by atoms with Crippen molar-refractivity contribution in [1.82, 2.24) is 24.2 Å². The summed E-state index contributed by atoms with van der Waals surface area (Å²) in [6.45, 7) is 2.14. The van der Waals surface area contributed by atoms with Gasteiger partial charge in [-0.1, -0.05) is 28.9 Å². The van der Waals surface area contributed by atoms with Crippen LogP contribution < -0.4 is 0 Å². The number of nitro groups is 1. The molecule has 0 amide bonds. The number of benzene rings is 1. The van der Waals surface area contributed by atoms with E-state index in [1.165, 1.54) is 28.6 Å². The fourth-order valence-electron chi connectivity index (χ4n) is 3.16. The summed E-state index contributed by atoms with van der Waals surface area (Å²) >= 11 is 6.47. The van der Waals surface area contributed by atoms with E-state index in [0.717, 1.165) is 0 Å². The van der Waals surface area contributed by atoms with Crippen molar-refractivity contribution >= 4 is 27.3 Å². The average molecular weight is 439 g/mol. The van der Waals surface area contributed by atoms with Gasteiger partial charge in [-0.2, -0.15) is 14.4 Å². The van der Waals surface area contributed by atoms with Crippen molar-refractivity contribution < 1.29 is 17.9 Å². The molecule has 0 saturated heterocycles. The SMILES string of the molecule is Cc1nc(-c2nn3c(c2Cl)CN(S(=O)(=O)c2ccccc2[N+](=O)[O-])CCC3)no1. The zero-order valence-corrected chi connectivity index (χ0v) is 16.7. The Morgan fingerprint density at radius 1 is 1.28 bits per heavy atom. The number of hydrogen-bond acceptors (Lipinski definition) is 8. The summed E-state index contributed by atoms with van der Waals surface area (Å²) in [4.78, 5) is 14.3. The normalized spacial score (nSPS) is 15.1. The van der Waals surface area contributed by atoms with Crippen molar-refractivity contribution in [2.45, 2.75) is 31.3 Å². The third kappa shape index (κ3) is 3.39. The van der Waals surface area contributed by atoms with E-state index < -0.39 is 20.6 Å². The molecular weight excluding hydrogens is 424 g/mol. The predicted molar refractivity (Wildman–Crippen MR) is 101 cm³/mol. The summed E-state index contributed by atoms with van der Waals surface area (Å²) in [5, 5.41) is 19.7. The van der Waals surface area contributed by atoms with Crippen LogP contribution in [0, 0.1) is 17.0 Å². The van der Waals surface area contributed by atoms with E-state index in [-0.39, 0.29) is 28.8 Å². The number of aryl methyl sites for hydroxylation is 2. The van der Waals surface area contributed by atoms with Gasteiger partial charge in [0, 0.05) is 26.1 Å². The Balaban J connectivity index is 1.74. The van der Waals surface area contributed by atoms with Crippen molar-refractivity contribution in [3.05, 3.63) is 51.0 Å². The Kier molecular flexibility index (Phi) is 4.84. The van der Waals surface area contributed by atoms with Crippen molar-refractivity contribution in [3.8, 4) is 11.5 Å². The molecule has 0 atom stereocenters. The lowest BCUT2D eigenvalue weighted by Crippen LogP contribution is -2.31. The largest absolute Gasteiger partial charge is 0.339 e. The molecule has 1 aliphatic heterocycles. The van der Waals surface area contributed by atoms with Crippen molar-refractivity contribution in [2.75, 3.05) is 6.54 Å². The number of fused-ring (bicyclic) bond motifs is 1. The third-order valence-electron chi connectivity index (χ3n) is 4.52. The van der Waals surface area contributed by atoms with Crippen LogP contribution in [0.15, 0.2) is 33.7 Å². The smallest absolute Gasteiger partial charge is 0.289 e. The molecule has 3 heterocycles. The Morgan fingerprint density at radius 2 is 2.03 bits per heavy atom. The standard InChI is InChI=1S/C16H15ClN6O5S/c1-10-18-16(20-28-10)15-14(17)12-9-21(7-4-8-22(12)19-15)29(26,27)13-6-3-2-5-11(13)23(24)25/h2-3,5-6H,4,7-9H2,1H3. The highest BCUT2D eigenvalue weighted by Crippen LogP contribution is 2.33. The number of rotatable bonds is 4. The third-order valence-corrected chi connectivity index (χ3v) is 6.81. The van der Waals surface area contributed by atoms with Crippen LogP contribution in [0.25, 0.3) is 11.5 Å². The lowest BCUT2D eigenvalue weighted by molar-refractivity contribution is -0.387. The van der Waals surface area contributed by atoms with E-state index >= 15 is 0 Å². The van der Waals surface area contributed by atoms with Crippen molar-refractivity contribution in [3.63, 3.8) is 0 Å². The first kappa shape index (κ1) is 19.5. The van der Waals surface area contributed by atoms with Crippen LogP contribution in [0.5, 0.6) is 0 Å². The van der Waals surface area contributed by atoms with E-state index in [4.69, 9.17) is 16.1 Å². The van der Waals surface area contributed by atoms with Crippen LogP contribution in [0.1, 0.15) is 18.0 Å². The molecule has 0 unspecified atom stereocenters. The van der Waals surface area contributed by atoms with E-state index in [0.29, 0.717) is 30.2 Å². The summed E-state index contributed by atoms with van der Waals surface area (Å²) in [5.74, 6) is 0.557. The average Bonchev–Trinajstić information content (AvgIpc) is 3.16. The molecule has 0 bridgehead atoms. The van der Waals surface area contributed by atoms with E-state index in [1.807, 2.05) is 0 Å². The topological polar surface area (TPSA) is 137 Å². The van der Waals surface area contributed by atoms with Crippen LogP contribution in [0.2, 0.25) is 5.02 Å². The Morgan fingerprint density at radius 3 is 2.72 bits per heavy atom. The maximum Gasteiger partial charge on any atom is 0.289 e. The first-order valence-corrected chi connectivity index (χ1v) is 10.4. The van der Waals surface area contributed by atoms with Gasteiger partial charge in [0.2, 0.25) is 21.7 Å². The Bertz CT molecular complexity index is 1200. The number of nitrogens with zero attached hydrogens (tertiary/aromatic N) is 6. The van der Waals surface area contributed by atoms with Crippen LogP contribution in [0.4, 0.5) is 5.69 Å². The van der Waals surface area contributed by atoms with Gasteiger partial charge < -0.3 is 4.52 Å². The number of sulfonamides is 1. The lowest BCUT2D eigenvalue weighted by Gasteiger charge is -2.19. The molecule has 3 aromatic rings. The number of nitro benzene ring substituents is 1. The van der Waals surface area contributed by atoms with Crippen LogP contribution in [-0.2, 0) is 23.1 Å². The summed E-state index contributed by atoms with van der Waals surface area (Å²) in [5.41, 5.74) is 0.284. The van der Waals surface area contributed by atoms with Gasteiger partial charge >= 0.3 is 0 Å². The molecule has 152 valence electrons. The predicted octanol–water partition coefficient (Wildman–Crippen LogP) is 2.40. The number of aromatic nitrogens is 4. The molecule has 2 aromatic heterocycles. The fraction of sp³-hybridized carbons (Fsp3) is 0.312. The Labute approximate surface area is 170 Å². The highest BCUT2D eigenvalue weighted by molar-refractivity contribution is 7.89. The van der Waals surface area contributed by atoms with Crippen LogP contribution >= 0.6 is 11.6 Å². The van der Waals surface area contributed by atoms with Gasteiger partial charge in [0.05, 0.1) is 22.2 Å².